The van der Waals surface area contributed by atoms with Crippen LogP contribution in [0.5, 0.6) is 0 Å². The Morgan fingerprint density at radius 3 is 2.59 bits per heavy atom. The Bertz CT molecular complexity index is 366. The van der Waals surface area contributed by atoms with Crippen molar-refractivity contribution in [2.24, 2.45) is 5.92 Å². The Morgan fingerprint density at radius 1 is 1.41 bits per heavy atom. The molecule has 3 nitrogen and oxygen atoms in total. The summed E-state index contributed by atoms with van der Waals surface area (Å²) >= 11 is 3.47. The number of anilines is 1. The summed E-state index contributed by atoms with van der Waals surface area (Å²) in [5.74, 6) is 1.66. The van der Waals surface area contributed by atoms with E-state index in [9.17, 15) is 0 Å². The number of rotatable bonds is 5. The highest BCUT2D eigenvalue weighted by Crippen LogP contribution is 2.24. The summed E-state index contributed by atoms with van der Waals surface area (Å²) in [6, 6.07) is 2.60. The normalized spacial score (nSPS) is 12.9. The van der Waals surface area contributed by atoms with E-state index in [1.54, 1.807) is 0 Å². The molecule has 0 aromatic carbocycles. The quantitative estimate of drug-likeness (QED) is 0.906. The van der Waals surface area contributed by atoms with E-state index in [1.165, 1.54) is 5.56 Å². The minimum absolute atomic E-state index is 0.472. The van der Waals surface area contributed by atoms with E-state index in [0.29, 0.717) is 12.0 Å². The molecular weight excluding hydrogens is 278 g/mol. The van der Waals surface area contributed by atoms with Gasteiger partial charge in [0.05, 0.1) is 0 Å². The molecule has 1 N–H and O–H groups in total. The van der Waals surface area contributed by atoms with Crippen molar-refractivity contribution < 1.29 is 0 Å². The van der Waals surface area contributed by atoms with Crippen molar-refractivity contribution >= 4 is 21.7 Å². The highest BCUT2D eigenvalue weighted by Gasteiger charge is 2.17. The zero-order valence-electron chi connectivity index (χ0n) is 11.3. The molecule has 0 saturated heterocycles. The zero-order chi connectivity index (χ0) is 13.0. The van der Waals surface area contributed by atoms with Gasteiger partial charge in [-0.2, -0.15) is 0 Å². The highest BCUT2D eigenvalue weighted by atomic mass is 79.9. The Labute approximate surface area is 113 Å². The second kappa shape index (κ2) is 6.36. The lowest BCUT2D eigenvalue weighted by Gasteiger charge is -2.30. The van der Waals surface area contributed by atoms with Crippen molar-refractivity contribution in [2.45, 2.75) is 33.4 Å². The maximum absolute atomic E-state index is 4.54. The Kier molecular flexibility index (Phi) is 5.40. The molecular formula is C13H22BrN3. The van der Waals surface area contributed by atoms with Gasteiger partial charge in [-0.3, -0.25) is 0 Å². The third kappa shape index (κ3) is 3.68. The van der Waals surface area contributed by atoms with E-state index in [-0.39, 0.29) is 0 Å². The van der Waals surface area contributed by atoms with Crippen LogP contribution in [0.4, 0.5) is 5.82 Å². The first-order valence-corrected chi connectivity index (χ1v) is 6.78. The standard InChI is InChI=1S/C13H22BrN3/c1-9(2)10(3)17(5)13-11(7-15-4)6-12(14)8-16-13/h6,8-10,15H,7H2,1-5H3. The summed E-state index contributed by atoms with van der Waals surface area (Å²) in [5, 5.41) is 3.19. The second-order valence-corrected chi connectivity index (χ2v) is 5.68. The van der Waals surface area contributed by atoms with E-state index in [1.807, 2.05) is 13.2 Å². The first-order chi connectivity index (χ1) is 7.97. The molecule has 0 saturated carbocycles. The van der Waals surface area contributed by atoms with E-state index < -0.39 is 0 Å². The molecule has 0 radical (unpaired) electrons. The van der Waals surface area contributed by atoms with Crippen LogP contribution < -0.4 is 10.2 Å². The van der Waals surface area contributed by atoms with Crippen LogP contribution in [0.15, 0.2) is 16.7 Å². The van der Waals surface area contributed by atoms with Crippen LogP contribution in [0.2, 0.25) is 0 Å². The van der Waals surface area contributed by atoms with Gasteiger partial charge in [-0.1, -0.05) is 13.8 Å². The lowest BCUT2D eigenvalue weighted by Crippen LogP contribution is -2.34. The molecule has 17 heavy (non-hydrogen) atoms. The van der Waals surface area contributed by atoms with Gasteiger partial charge in [-0.15, -0.1) is 0 Å². The molecule has 1 heterocycles. The first-order valence-electron chi connectivity index (χ1n) is 5.99. The van der Waals surface area contributed by atoms with Crippen LogP contribution in [-0.2, 0) is 6.54 Å². The second-order valence-electron chi connectivity index (χ2n) is 4.76. The Balaban J connectivity index is 3.03. The molecule has 0 spiro atoms. The van der Waals surface area contributed by atoms with Gasteiger partial charge in [0.1, 0.15) is 5.82 Å². The fraction of sp³-hybridized carbons (Fsp3) is 0.615. The predicted octanol–water partition coefficient (Wildman–Crippen LogP) is 3.04. The summed E-state index contributed by atoms with van der Waals surface area (Å²) in [7, 11) is 4.07. The number of nitrogens with one attached hydrogen (secondary N) is 1. The van der Waals surface area contributed by atoms with E-state index >= 15 is 0 Å². The molecule has 0 aliphatic rings. The number of nitrogens with zero attached hydrogens (tertiary/aromatic N) is 2. The molecule has 0 aliphatic heterocycles. The smallest absolute Gasteiger partial charge is 0.133 e. The van der Waals surface area contributed by atoms with Crippen molar-refractivity contribution in [3.05, 3.63) is 22.3 Å². The maximum Gasteiger partial charge on any atom is 0.133 e. The number of aromatic nitrogens is 1. The van der Waals surface area contributed by atoms with Gasteiger partial charge in [-0.05, 0) is 41.9 Å². The summed E-state index contributed by atoms with van der Waals surface area (Å²) in [5.41, 5.74) is 1.22. The number of hydrogen-bond donors (Lipinski definition) is 1. The van der Waals surface area contributed by atoms with Crippen molar-refractivity contribution in [2.75, 3.05) is 19.0 Å². The van der Waals surface area contributed by atoms with Crippen LogP contribution >= 0.6 is 15.9 Å². The largest absolute Gasteiger partial charge is 0.356 e. The molecule has 1 rings (SSSR count). The average molecular weight is 300 g/mol. The van der Waals surface area contributed by atoms with Gasteiger partial charge in [0, 0.05) is 35.9 Å². The molecule has 1 unspecified atom stereocenters. The predicted molar refractivity (Wildman–Crippen MR) is 77.4 cm³/mol. The topological polar surface area (TPSA) is 28.2 Å². The number of hydrogen-bond acceptors (Lipinski definition) is 3. The van der Waals surface area contributed by atoms with Gasteiger partial charge in [0.2, 0.25) is 0 Å². The first kappa shape index (κ1) is 14.5. The molecule has 1 aromatic rings. The maximum atomic E-state index is 4.54. The fourth-order valence-corrected chi connectivity index (χ4v) is 2.13. The summed E-state index contributed by atoms with van der Waals surface area (Å²) in [4.78, 5) is 6.79. The van der Waals surface area contributed by atoms with E-state index in [2.05, 4.69) is 65.0 Å². The Hall–Kier alpha value is -0.610. The SMILES string of the molecule is CNCc1cc(Br)cnc1N(C)C(C)C(C)C. The highest BCUT2D eigenvalue weighted by molar-refractivity contribution is 9.10. The lowest BCUT2D eigenvalue weighted by molar-refractivity contribution is 0.501. The van der Waals surface area contributed by atoms with Gasteiger partial charge in [0.15, 0.2) is 0 Å². The van der Waals surface area contributed by atoms with Crippen molar-refractivity contribution in [1.82, 2.24) is 10.3 Å². The zero-order valence-corrected chi connectivity index (χ0v) is 12.9. The monoisotopic (exact) mass is 299 g/mol. The van der Waals surface area contributed by atoms with Crippen LogP contribution in [-0.4, -0.2) is 25.1 Å². The van der Waals surface area contributed by atoms with Gasteiger partial charge < -0.3 is 10.2 Å². The van der Waals surface area contributed by atoms with Crippen molar-refractivity contribution in [3.8, 4) is 0 Å². The van der Waals surface area contributed by atoms with Gasteiger partial charge in [0.25, 0.3) is 0 Å². The number of halogens is 1. The molecule has 96 valence electrons. The fourth-order valence-electron chi connectivity index (χ4n) is 1.75. The molecule has 4 heteroatoms. The Morgan fingerprint density at radius 2 is 2.06 bits per heavy atom. The summed E-state index contributed by atoms with van der Waals surface area (Å²) in [6.45, 7) is 7.53. The molecule has 1 aromatic heterocycles. The molecule has 0 amide bonds. The van der Waals surface area contributed by atoms with Crippen LogP contribution in [0.3, 0.4) is 0 Å². The minimum atomic E-state index is 0.472. The molecule has 0 bridgehead atoms. The lowest BCUT2D eigenvalue weighted by atomic mass is 10.0. The number of pyridine rings is 1. The average Bonchev–Trinajstić information content (AvgIpc) is 2.27. The minimum Gasteiger partial charge on any atom is -0.356 e. The van der Waals surface area contributed by atoms with Crippen LogP contribution in [0, 0.1) is 5.92 Å². The van der Waals surface area contributed by atoms with E-state index in [0.717, 1.165) is 16.8 Å². The van der Waals surface area contributed by atoms with Crippen molar-refractivity contribution in [1.29, 1.82) is 0 Å². The third-order valence-electron chi connectivity index (χ3n) is 3.19. The van der Waals surface area contributed by atoms with E-state index in [4.69, 9.17) is 0 Å². The van der Waals surface area contributed by atoms with Gasteiger partial charge in [-0.25, -0.2) is 4.98 Å². The van der Waals surface area contributed by atoms with Crippen molar-refractivity contribution in [3.63, 3.8) is 0 Å². The van der Waals surface area contributed by atoms with Crippen LogP contribution in [0.25, 0.3) is 0 Å². The summed E-state index contributed by atoms with van der Waals surface area (Å²) in [6.07, 6.45) is 1.86. The molecule has 0 aliphatic carbocycles. The summed E-state index contributed by atoms with van der Waals surface area (Å²) < 4.78 is 1.03. The van der Waals surface area contributed by atoms with Gasteiger partial charge >= 0.3 is 0 Å². The third-order valence-corrected chi connectivity index (χ3v) is 3.62. The molecule has 1 atom stereocenters. The molecule has 0 fully saturated rings. The van der Waals surface area contributed by atoms with Crippen LogP contribution in [0.1, 0.15) is 26.3 Å².